The molecule has 1 spiro atoms. The first-order chi connectivity index (χ1) is 15.9. The second-order valence-corrected chi connectivity index (χ2v) is 8.80. The molecule has 2 fully saturated rings. The highest BCUT2D eigenvalue weighted by molar-refractivity contribution is 6.30. The predicted octanol–water partition coefficient (Wildman–Crippen LogP) is 3.21. The third kappa shape index (κ3) is 3.70. The molecule has 9 heteroatoms. The lowest BCUT2D eigenvalue weighted by atomic mass is 9.83. The highest BCUT2D eigenvalue weighted by Gasteiger charge is 2.60. The second-order valence-electron chi connectivity index (χ2n) is 8.37. The van der Waals surface area contributed by atoms with Crippen LogP contribution in [0, 0.1) is 12.7 Å². The van der Waals surface area contributed by atoms with Gasteiger partial charge < -0.3 is 9.80 Å². The van der Waals surface area contributed by atoms with Gasteiger partial charge in [0.2, 0.25) is 5.91 Å². The first kappa shape index (κ1) is 21.3. The summed E-state index contributed by atoms with van der Waals surface area (Å²) in [6.45, 7) is 2.50. The summed E-state index contributed by atoms with van der Waals surface area (Å²) >= 11 is 6.05. The molecule has 2 aliphatic heterocycles. The molecule has 33 heavy (non-hydrogen) atoms. The highest BCUT2D eigenvalue weighted by Crippen LogP contribution is 2.38. The Labute approximate surface area is 195 Å². The molecule has 5 rings (SSSR count). The van der Waals surface area contributed by atoms with Gasteiger partial charge in [-0.3, -0.25) is 14.5 Å². The minimum absolute atomic E-state index is 0.124. The monoisotopic (exact) mass is 465 g/mol. The van der Waals surface area contributed by atoms with E-state index < -0.39 is 5.54 Å². The van der Waals surface area contributed by atoms with Crippen LogP contribution in [-0.4, -0.2) is 51.9 Å². The number of amides is 2. The van der Waals surface area contributed by atoms with Crippen molar-refractivity contribution in [2.45, 2.75) is 19.0 Å². The smallest absolute Gasteiger partial charge is 0.258 e. The maximum absolute atomic E-state index is 13.9. The third-order valence-corrected chi connectivity index (χ3v) is 6.37. The average Bonchev–Trinajstić information content (AvgIpc) is 2.77. The summed E-state index contributed by atoms with van der Waals surface area (Å²) in [5.41, 5.74) is 0.392. The molecule has 2 aromatic heterocycles. The number of aromatic nitrogens is 2. The molecule has 0 atom stereocenters. The molecular weight excluding hydrogens is 445 g/mol. The molecule has 0 unspecified atom stereocenters. The first-order valence-corrected chi connectivity index (χ1v) is 10.9. The van der Waals surface area contributed by atoms with Gasteiger partial charge in [-0.15, -0.1) is 0 Å². The van der Waals surface area contributed by atoms with E-state index in [9.17, 15) is 14.0 Å². The minimum Gasteiger partial charge on any atom is -0.351 e. The molecule has 2 saturated heterocycles. The predicted molar refractivity (Wildman–Crippen MR) is 122 cm³/mol. The van der Waals surface area contributed by atoms with E-state index in [1.807, 2.05) is 30.0 Å². The molecular formula is C24H21ClFN5O2. The molecule has 0 aliphatic carbocycles. The van der Waals surface area contributed by atoms with Crippen molar-refractivity contribution < 1.29 is 14.0 Å². The number of nitrogens with zero attached hydrogens (tertiary/aromatic N) is 5. The lowest BCUT2D eigenvalue weighted by Crippen LogP contribution is -2.81. The molecule has 4 heterocycles. The van der Waals surface area contributed by atoms with Crippen LogP contribution in [0.15, 0.2) is 60.9 Å². The quantitative estimate of drug-likeness (QED) is 0.591. The molecule has 0 N–H and O–H groups in total. The Morgan fingerprint density at radius 2 is 1.85 bits per heavy atom. The summed E-state index contributed by atoms with van der Waals surface area (Å²) in [7, 11) is 0. The summed E-state index contributed by atoms with van der Waals surface area (Å²) in [6, 6.07) is 13.3. The van der Waals surface area contributed by atoms with Crippen LogP contribution in [-0.2, 0) is 16.1 Å². The van der Waals surface area contributed by atoms with E-state index in [1.165, 1.54) is 23.2 Å². The molecule has 2 aliphatic rings. The van der Waals surface area contributed by atoms with E-state index >= 15 is 0 Å². The van der Waals surface area contributed by atoms with E-state index in [4.69, 9.17) is 11.6 Å². The van der Waals surface area contributed by atoms with E-state index in [1.54, 1.807) is 29.3 Å². The first-order valence-electron chi connectivity index (χ1n) is 10.5. The van der Waals surface area contributed by atoms with Crippen LogP contribution < -0.4 is 9.80 Å². The molecule has 1 aromatic carbocycles. The number of carbonyl (C=O) groups is 2. The van der Waals surface area contributed by atoms with Crippen molar-refractivity contribution >= 4 is 35.1 Å². The number of benzene rings is 1. The molecule has 0 radical (unpaired) electrons. The summed E-state index contributed by atoms with van der Waals surface area (Å²) in [5, 5.41) is 0.463. The maximum atomic E-state index is 13.9. The van der Waals surface area contributed by atoms with Gasteiger partial charge in [0, 0.05) is 18.9 Å². The van der Waals surface area contributed by atoms with Gasteiger partial charge in [0.1, 0.15) is 24.0 Å². The van der Waals surface area contributed by atoms with Crippen LogP contribution in [0.2, 0.25) is 5.02 Å². The zero-order chi connectivity index (χ0) is 23.2. The van der Waals surface area contributed by atoms with Gasteiger partial charge in [-0.2, -0.15) is 0 Å². The number of pyridine rings is 2. The average molecular weight is 466 g/mol. The topological polar surface area (TPSA) is 69.6 Å². The van der Waals surface area contributed by atoms with E-state index in [2.05, 4.69) is 9.97 Å². The minimum atomic E-state index is -1.07. The number of aryl methyl sites for hydroxylation is 1. The van der Waals surface area contributed by atoms with E-state index in [0.717, 1.165) is 11.4 Å². The van der Waals surface area contributed by atoms with Gasteiger partial charge in [-0.25, -0.2) is 14.4 Å². The maximum Gasteiger partial charge on any atom is 0.258 e. The van der Waals surface area contributed by atoms with Crippen molar-refractivity contribution in [3.05, 3.63) is 82.9 Å². The van der Waals surface area contributed by atoms with Gasteiger partial charge in [0.15, 0.2) is 5.54 Å². The van der Waals surface area contributed by atoms with Crippen molar-refractivity contribution in [3.8, 4) is 0 Å². The Bertz CT molecular complexity index is 1220. The number of piperazine rings is 1. The van der Waals surface area contributed by atoms with Gasteiger partial charge in [0.05, 0.1) is 18.1 Å². The van der Waals surface area contributed by atoms with Crippen LogP contribution in [0.25, 0.3) is 0 Å². The Morgan fingerprint density at radius 3 is 2.52 bits per heavy atom. The highest BCUT2D eigenvalue weighted by atomic mass is 35.5. The van der Waals surface area contributed by atoms with E-state index in [-0.39, 0.29) is 30.7 Å². The van der Waals surface area contributed by atoms with Crippen molar-refractivity contribution in [3.63, 3.8) is 0 Å². The van der Waals surface area contributed by atoms with Crippen LogP contribution in [0.1, 0.15) is 11.1 Å². The van der Waals surface area contributed by atoms with Crippen molar-refractivity contribution in [1.82, 2.24) is 14.9 Å². The standard InChI is InChI=1S/C24H21ClFN5O2/c1-16-10-18(25)11-28-22(16)30-13-21(32)31(12-17-5-7-19(26)8-6-17)24(23(30)33)14-29(15-24)20-4-2-3-9-27-20/h2-11H,12-15H2,1H3. The Hall–Kier alpha value is -3.52. The van der Waals surface area contributed by atoms with Gasteiger partial charge in [-0.05, 0) is 48.4 Å². The fourth-order valence-corrected chi connectivity index (χ4v) is 4.70. The number of rotatable bonds is 4. The lowest BCUT2D eigenvalue weighted by Gasteiger charge is -2.58. The molecule has 7 nitrogen and oxygen atoms in total. The van der Waals surface area contributed by atoms with Gasteiger partial charge in [-0.1, -0.05) is 29.8 Å². The Balaban J connectivity index is 1.50. The van der Waals surface area contributed by atoms with Gasteiger partial charge >= 0.3 is 0 Å². The molecule has 2 amide bonds. The van der Waals surface area contributed by atoms with Gasteiger partial charge in [0.25, 0.3) is 5.91 Å². The number of hydrogen-bond acceptors (Lipinski definition) is 5. The number of anilines is 2. The van der Waals surface area contributed by atoms with Crippen LogP contribution in [0.4, 0.5) is 16.0 Å². The molecule has 0 bridgehead atoms. The fourth-order valence-electron chi connectivity index (χ4n) is 4.49. The van der Waals surface area contributed by atoms with Crippen molar-refractivity contribution in [1.29, 1.82) is 0 Å². The lowest BCUT2D eigenvalue weighted by molar-refractivity contribution is -0.153. The normalized spacial score (nSPS) is 17.5. The summed E-state index contributed by atoms with van der Waals surface area (Å²) in [6.07, 6.45) is 3.16. The van der Waals surface area contributed by atoms with Crippen LogP contribution >= 0.6 is 11.6 Å². The number of halogens is 2. The van der Waals surface area contributed by atoms with Crippen molar-refractivity contribution in [2.24, 2.45) is 0 Å². The van der Waals surface area contributed by atoms with Crippen molar-refractivity contribution in [2.75, 3.05) is 29.4 Å². The zero-order valence-corrected chi connectivity index (χ0v) is 18.7. The number of hydrogen-bond donors (Lipinski definition) is 0. The summed E-state index contributed by atoms with van der Waals surface area (Å²) in [5.74, 6) is 0.415. The molecule has 168 valence electrons. The third-order valence-electron chi connectivity index (χ3n) is 6.16. The largest absolute Gasteiger partial charge is 0.351 e. The SMILES string of the molecule is Cc1cc(Cl)cnc1N1CC(=O)N(Cc2ccc(F)cc2)C2(CN(c3ccccn3)C2)C1=O. The second kappa shape index (κ2) is 8.12. The number of carbonyl (C=O) groups excluding carboxylic acids is 2. The Kier molecular flexibility index (Phi) is 5.25. The van der Waals surface area contributed by atoms with Crippen LogP contribution in [0.5, 0.6) is 0 Å². The summed E-state index contributed by atoms with van der Waals surface area (Å²) < 4.78 is 13.4. The fraction of sp³-hybridized carbons (Fsp3) is 0.250. The summed E-state index contributed by atoms with van der Waals surface area (Å²) in [4.78, 5) is 41.0. The van der Waals surface area contributed by atoms with E-state index in [0.29, 0.717) is 29.5 Å². The molecule has 0 saturated carbocycles. The molecule has 3 aromatic rings. The van der Waals surface area contributed by atoms with Crippen LogP contribution in [0.3, 0.4) is 0 Å². The Morgan fingerprint density at radius 1 is 1.09 bits per heavy atom. The zero-order valence-electron chi connectivity index (χ0n) is 17.9.